The second-order valence-electron chi connectivity index (χ2n) is 13.2. The molecule has 0 spiro atoms. The molecule has 0 saturated carbocycles. The minimum absolute atomic E-state index is 0.0808. The number of aromatic nitrogens is 1. The van der Waals surface area contributed by atoms with Crippen molar-refractivity contribution >= 4 is 16.6 Å². The first-order valence-corrected chi connectivity index (χ1v) is 12.7. The summed E-state index contributed by atoms with van der Waals surface area (Å²) in [4.78, 5) is 2.62. The van der Waals surface area contributed by atoms with E-state index >= 15 is 0 Å². The Morgan fingerprint density at radius 3 is 2.12 bits per heavy atom. The van der Waals surface area contributed by atoms with Crippen LogP contribution in [0, 0.1) is 0 Å². The van der Waals surface area contributed by atoms with E-state index in [1.807, 2.05) is 0 Å². The summed E-state index contributed by atoms with van der Waals surface area (Å²) >= 11 is 0. The number of nitrogens with zero attached hydrogens (tertiary/aromatic N) is 2. The number of hydrogen-bond donors (Lipinski definition) is 0. The third-order valence-corrected chi connectivity index (χ3v) is 7.64. The Kier molecular flexibility index (Phi) is 5.75. The van der Waals surface area contributed by atoms with Crippen LogP contribution in [0.5, 0.6) is 0 Å². The number of fused-ring (bicyclic) bond motifs is 2. The lowest BCUT2D eigenvalue weighted by Gasteiger charge is -2.31. The standard InChI is InChI=1S/C31H44N2/c1-21(2)32-20-23(26-14-13-24(17-28(26)32)29(3,4)5)19-31(9,10)25-12-11-22-15-16-33(27(22)18-25)30(6,7)8/h11-18,21,23H,19-20H2,1-10H3. The molecule has 1 aromatic heterocycles. The molecule has 2 heterocycles. The molecule has 2 heteroatoms. The van der Waals surface area contributed by atoms with Gasteiger partial charge in [0.1, 0.15) is 0 Å². The Morgan fingerprint density at radius 1 is 0.848 bits per heavy atom. The lowest BCUT2D eigenvalue weighted by molar-refractivity contribution is 0.409. The number of anilines is 1. The van der Waals surface area contributed by atoms with Gasteiger partial charge in [-0.25, -0.2) is 0 Å². The van der Waals surface area contributed by atoms with E-state index in [-0.39, 0.29) is 16.4 Å². The molecule has 0 N–H and O–H groups in total. The fraction of sp³-hybridized carbons (Fsp3) is 0.548. The summed E-state index contributed by atoms with van der Waals surface area (Å²) in [6, 6.07) is 17.1. The molecule has 4 rings (SSSR count). The molecular weight excluding hydrogens is 400 g/mol. The molecule has 178 valence electrons. The van der Waals surface area contributed by atoms with Crippen LogP contribution in [-0.2, 0) is 16.4 Å². The fourth-order valence-electron chi connectivity index (χ4n) is 5.57. The Hall–Kier alpha value is -2.22. The van der Waals surface area contributed by atoms with Gasteiger partial charge >= 0.3 is 0 Å². The summed E-state index contributed by atoms with van der Waals surface area (Å²) in [6.07, 6.45) is 3.39. The van der Waals surface area contributed by atoms with E-state index < -0.39 is 0 Å². The second-order valence-corrected chi connectivity index (χ2v) is 13.2. The quantitative estimate of drug-likeness (QED) is 0.392. The van der Waals surface area contributed by atoms with Gasteiger partial charge in [0, 0.05) is 41.4 Å². The van der Waals surface area contributed by atoms with E-state index in [0.717, 1.165) is 13.0 Å². The first kappa shape index (κ1) is 23.9. The van der Waals surface area contributed by atoms with Crippen molar-refractivity contribution in [2.45, 2.75) is 104 Å². The first-order chi connectivity index (χ1) is 15.2. The summed E-state index contributed by atoms with van der Waals surface area (Å²) in [6.45, 7) is 24.4. The predicted octanol–water partition coefficient (Wildman–Crippen LogP) is 8.37. The third-order valence-electron chi connectivity index (χ3n) is 7.64. The first-order valence-electron chi connectivity index (χ1n) is 12.7. The van der Waals surface area contributed by atoms with Crippen molar-refractivity contribution in [3.05, 3.63) is 65.4 Å². The van der Waals surface area contributed by atoms with Gasteiger partial charge in [0.15, 0.2) is 0 Å². The van der Waals surface area contributed by atoms with E-state index in [1.54, 1.807) is 0 Å². The van der Waals surface area contributed by atoms with Crippen molar-refractivity contribution in [3.8, 4) is 0 Å². The van der Waals surface area contributed by atoms with E-state index in [1.165, 1.54) is 33.3 Å². The van der Waals surface area contributed by atoms with Crippen LogP contribution in [-0.4, -0.2) is 17.2 Å². The van der Waals surface area contributed by atoms with Gasteiger partial charge in [0.25, 0.3) is 0 Å². The van der Waals surface area contributed by atoms with E-state index in [9.17, 15) is 0 Å². The molecule has 2 aromatic carbocycles. The van der Waals surface area contributed by atoms with Crippen LogP contribution in [0.3, 0.4) is 0 Å². The highest BCUT2D eigenvalue weighted by Gasteiger charge is 2.35. The van der Waals surface area contributed by atoms with Crippen molar-refractivity contribution in [2.24, 2.45) is 0 Å². The third kappa shape index (κ3) is 4.46. The molecule has 33 heavy (non-hydrogen) atoms. The molecule has 0 fully saturated rings. The number of benzene rings is 2. The van der Waals surface area contributed by atoms with Crippen molar-refractivity contribution in [2.75, 3.05) is 11.4 Å². The minimum Gasteiger partial charge on any atom is -0.368 e. The summed E-state index contributed by atoms with van der Waals surface area (Å²) < 4.78 is 2.42. The maximum Gasteiger partial charge on any atom is 0.0488 e. The van der Waals surface area contributed by atoms with Gasteiger partial charge in [0.2, 0.25) is 0 Å². The highest BCUT2D eigenvalue weighted by molar-refractivity contribution is 5.81. The van der Waals surface area contributed by atoms with E-state index in [4.69, 9.17) is 0 Å². The predicted molar refractivity (Wildman–Crippen MR) is 145 cm³/mol. The highest BCUT2D eigenvalue weighted by atomic mass is 15.2. The van der Waals surface area contributed by atoms with Gasteiger partial charge in [-0.1, -0.05) is 58.9 Å². The number of rotatable bonds is 4. The Bertz CT molecular complexity index is 1150. The van der Waals surface area contributed by atoms with Gasteiger partial charge < -0.3 is 9.47 Å². The molecule has 1 aliphatic rings. The number of hydrogen-bond acceptors (Lipinski definition) is 1. The van der Waals surface area contributed by atoms with Crippen LogP contribution in [0.2, 0.25) is 0 Å². The smallest absolute Gasteiger partial charge is 0.0488 e. The zero-order chi connectivity index (χ0) is 24.3. The molecule has 3 aromatic rings. The zero-order valence-corrected chi connectivity index (χ0v) is 22.6. The highest BCUT2D eigenvalue weighted by Crippen LogP contribution is 2.46. The maximum atomic E-state index is 2.62. The molecular formula is C31H44N2. The Labute approximate surface area is 202 Å². The second kappa shape index (κ2) is 7.93. The molecule has 2 nitrogen and oxygen atoms in total. The van der Waals surface area contributed by atoms with Gasteiger partial charge in [-0.05, 0) is 92.1 Å². The average molecular weight is 445 g/mol. The van der Waals surface area contributed by atoms with E-state index in [2.05, 4.69) is 127 Å². The topological polar surface area (TPSA) is 8.17 Å². The summed E-state index contributed by atoms with van der Waals surface area (Å²) in [5.41, 5.74) is 7.55. The largest absolute Gasteiger partial charge is 0.368 e. The molecule has 0 aliphatic carbocycles. The monoisotopic (exact) mass is 444 g/mol. The molecule has 1 atom stereocenters. The minimum atomic E-state index is 0.0808. The van der Waals surface area contributed by atoms with Crippen molar-refractivity contribution < 1.29 is 0 Å². The van der Waals surface area contributed by atoms with Crippen LogP contribution < -0.4 is 4.90 Å². The van der Waals surface area contributed by atoms with Crippen LogP contribution in [0.15, 0.2) is 48.7 Å². The Morgan fingerprint density at radius 2 is 1.52 bits per heavy atom. The van der Waals surface area contributed by atoms with Crippen LogP contribution in [0.1, 0.15) is 98.3 Å². The normalized spacial score (nSPS) is 17.3. The lowest BCUT2D eigenvalue weighted by atomic mass is 9.75. The molecule has 1 aliphatic heterocycles. The summed E-state index contributed by atoms with van der Waals surface area (Å²) in [5.74, 6) is 0.552. The maximum absolute atomic E-state index is 2.62. The molecule has 1 unspecified atom stereocenters. The van der Waals surface area contributed by atoms with Crippen LogP contribution in [0.25, 0.3) is 10.9 Å². The average Bonchev–Trinajstić information content (AvgIpc) is 3.28. The zero-order valence-electron chi connectivity index (χ0n) is 22.6. The van der Waals surface area contributed by atoms with Gasteiger partial charge in [-0.2, -0.15) is 0 Å². The summed E-state index contributed by atoms with van der Waals surface area (Å²) in [7, 11) is 0. The van der Waals surface area contributed by atoms with Crippen molar-refractivity contribution in [3.63, 3.8) is 0 Å². The van der Waals surface area contributed by atoms with Crippen molar-refractivity contribution in [1.82, 2.24) is 4.57 Å². The molecule has 0 bridgehead atoms. The molecule has 0 amide bonds. The Balaban J connectivity index is 1.69. The summed E-state index contributed by atoms with van der Waals surface area (Å²) in [5, 5.41) is 1.33. The SMILES string of the molecule is CC(C)N1CC(CC(C)(C)c2ccc3ccn(C(C)(C)C)c3c2)c2ccc(C(C)(C)C)cc21. The van der Waals surface area contributed by atoms with Crippen LogP contribution in [0.4, 0.5) is 5.69 Å². The van der Waals surface area contributed by atoms with Gasteiger partial charge in [-0.3, -0.25) is 0 Å². The van der Waals surface area contributed by atoms with Crippen LogP contribution >= 0.6 is 0 Å². The molecule has 0 radical (unpaired) electrons. The van der Waals surface area contributed by atoms with Crippen molar-refractivity contribution in [1.29, 1.82) is 0 Å². The van der Waals surface area contributed by atoms with Gasteiger partial charge in [0.05, 0.1) is 0 Å². The lowest BCUT2D eigenvalue weighted by Crippen LogP contribution is -2.31. The van der Waals surface area contributed by atoms with E-state index in [0.29, 0.717) is 12.0 Å². The molecule has 0 saturated heterocycles. The van der Waals surface area contributed by atoms with Gasteiger partial charge in [-0.15, -0.1) is 0 Å². The fourth-order valence-corrected chi connectivity index (χ4v) is 5.57.